The normalized spacial score (nSPS) is 11.5. The van der Waals surface area contributed by atoms with Crippen LogP contribution < -0.4 is 0 Å². The summed E-state index contributed by atoms with van der Waals surface area (Å²) in [6.07, 6.45) is 3.81. The van der Waals surface area contributed by atoms with Crippen LogP contribution in [0.4, 0.5) is 0 Å². The van der Waals surface area contributed by atoms with Crippen LogP contribution >= 0.6 is 0 Å². The zero-order valence-electron chi connectivity index (χ0n) is 8.43. The molecule has 0 bridgehead atoms. The Morgan fingerprint density at radius 1 is 1.36 bits per heavy atom. The van der Waals surface area contributed by atoms with Crippen molar-refractivity contribution in [1.82, 2.24) is 4.90 Å². The molecule has 0 aliphatic heterocycles. The number of rotatable bonds is 6. The quantitative estimate of drug-likeness (QED) is 0.571. The summed E-state index contributed by atoms with van der Waals surface area (Å²) < 4.78 is 0. The second-order valence-corrected chi connectivity index (χ2v) is 3.65. The molecule has 67 valence electrons. The average Bonchev–Trinajstić information content (AvgIpc) is 1.97. The van der Waals surface area contributed by atoms with Crippen LogP contribution in [-0.2, 0) is 0 Å². The number of unbranched alkanes of at least 4 members (excludes halogenated alkanes) is 1. The molecule has 0 fully saturated rings. The molecule has 0 aromatic heterocycles. The topological polar surface area (TPSA) is 3.24 Å². The van der Waals surface area contributed by atoms with Gasteiger partial charge < -0.3 is 4.90 Å². The van der Waals surface area contributed by atoms with Gasteiger partial charge in [-0.25, -0.2) is 0 Å². The highest BCUT2D eigenvalue weighted by Gasteiger charge is 1.99. The number of nitrogens with zero attached hydrogens (tertiary/aromatic N) is 1. The van der Waals surface area contributed by atoms with E-state index in [1.165, 1.54) is 25.8 Å². The molecule has 11 heavy (non-hydrogen) atoms. The maximum absolute atomic E-state index is 2.31. The summed E-state index contributed by atoms with van der Waals surface area (Å²) in [5.74, 6) is 0.791. The summed E-state index contributed by atoms with van der Waals surface area (Å²) in [5.41, 5.74) is 0. The molecule has 0 amide bonds. The van der Waals surface area contributed by atoms with Gasteiger partial charge in [0.25, 0.3) is 0 Å². The molecule has 1 nitrogen and oxygen atoms in total. The van der Waals surface area contributed by atoms with Gasteiger partial charge in [0.1, 0.15) is 0 Å². The summed E-state index contributed by atoms with van der Waals surface area (Å²) in [6, 6.07) is 0. The minimum absolute atomic E-state index is 0.791. The largest absolute Gasteiger partial charge is 0.302 e. The molecule has 0 heterocycles. The highest BCUT2D eigenvalue weighted by molar-refractivity contribution is 4.65. The molecule has 0 unspecified atom stereocenters. The van der Waals surface area contributed by atoms with Crippen molar-refractivity contribution >= 4 is 0 Å². The number of hydrogen-bond donors (Lipinski definition) is 0. The second kappa shape index (κ2) is 6.66. The summed E-state index contributed by atoms with van der Waals surface area (Å²) in [4.78, 5) is 2.31. The average molecular weight is 156 g/mol. The Hall–Kier alpha value is -0.0400. The van der Waals surface area contributed by atoms with Crippen molar-refractivity contribution in [3.8, 4) is 0 Å². The Morgan fingerprint density at radius 3 is 2.45 bits per heavy atom. The van der Waals surface area contributed by atoms with Gasteiger partial charge in [0, 0.05) is 6.54 Å². The van der Waals surface area contributed by atoms with E-state index in [-0.39, 0.29) is 0 Å². The van der Waals surface area contributed by atoms with Gasteiger partial charge in [0.15, 0.2) is 0 Å². The van der Waals surface area contributed by atoms with E-state index in [4.69, 9.17) is 0 Å². The third-order valence-corrected chi connectivity index (χ3v) is 1.75. The molecular weight excluding hydrogens is 134 g/mol. The SMILES string of the molecule is CCCCN(C)[CH]CC(C)C. The van der Waals surface area contributed by atoms with Crippen molar-refractivity contribution in [2.24, 2.45) is 5.92 Å². The zero-order valence-corrected chi connectivity index (χ0v) is 8.43. The first kappa shape index (κ1) is 11.0. The molecule has 0 rings (SSSR count). The molecule has 0 N–H and O–H groups in total. The third kappa shape index (κ3) is 7.86. The maximum Gasteiger partial charge on any atom is 0.0250 e. The van der Waals surface area contributed by atoms with Crippen LogP contribution in [0.5, 0.6) is 0 Å². The standard InChI is InChI=1S/C10H22N/c1-5-6-8-11(4)9-7-10(2)3/h9-10H,5-8H2,1-4H3. The van der Waals surface area contributed by atoms with Crippen molar-refractivity contribution in [3.05, 3.63) is 6.54 Å². The molecule has 0 saturated carbocycles. The zero-order chi connectivity index (χ0) is 8.69. The summed E-state index contributed by atoms with van der Waals surface area (Å²) in [5, 5.41) is 0. The fourth-order valence-corrected chi connectivity index (χ4v) is 0.890. The lowest BCUT2D eigenvalue weighted by atomic mass is 10.1. The monoisotopic (exact) mass is 156 g/mol. The van der Waals surface area contributed by atoms with Crippen LogP contribution in [-0.4, -0.2) is 18.5 Å². The molecule has 0 aromatic carbocycles. The molecule has 1 heteroatoms. The van der Waals surface area contributed by atoms with Crippen LogP contribution in [0.15, 0.2) is 0 Å². The fraction of sp³-hybridized carbons (Fsp3) is 0.900. The molecule has 0 atom stereocenters. The fourth-order valence-electron chi connectivity index (χ4n) is 0.890. The van der Waals surface area contributed by atoms with Gasteiger partial charge in [-0.3, -0.25) is 0 Å². The highest BCUT2D eigenvalue weighted by Crippen LogP contribution is 2.05. The molecule has 0 aromatic rings. The van der Waals surface area contributed by atoms with Gasteiger partial charge in [-0.05, 0) is 32.4 Å². The van der Waals surface area contributed by atoms with E-state index in [2.05, 4.69) is 39.3 Å². The molecule has 0 aliphatic rings. The Kier molecular flexibility index (Phi) is 6.63. The van der Waals surface area contributed by atoms with Crippen molar-refractivity contribution < 1.29 is 0 Å². The van der Waals surface area contributed by atoms with Gasteiger partial charge in [-0.15, -0.1) is 0 Å². The lowest BCUT2D eigenvalue weighted by molar-refractivity contribution is 0.366. The first-order chi connectivity index (χ1) is 5.16. The molecule has 0 saturated heterocycles. The van der Waals surface area contributed by atoms with E-state index in [1.807, 2.05) is 0 Å². The van der Waals surface area contributed by atoms with E-state index in [0.29, 0.717) is 0 Å². The third-order valence-electron chi connectivity index (χ3n) is 1.75. The van der Waals surface area contributed by atoms with Gasteiger partial charge in [0.2, 0.25) is 0 Å². The molecule has 0 aliphatic carbocycles. The van der Waals surface area contributed by atoms with Crippen LogP contribution in [0.2, 0.25) is 0 Å². The van der Waals surface area contributed by atoms with Crippen LogP contribution in [0.1, 0.15) is 40.0 Å². The Morgan fingerprint density at radius 2 is 2.00 bits per heavy atom. The Balaban J connectivity index is 3.15. The summed E-state index contributed by atoms with van der Waals surface area (Å²) >= 11 is 0. The van der Waals surface area contributed by atoms with E-state index < -0.39 is 0 Å². The van der Waals surface area contributed by atoms with Crippen LogP contribution in [0.25, 0.3) is 0 Å². The van der Waals surface area contributed by atoms with Gasteiger partial charge in [0.05, 0.1) is 0 Å². The van der Waals surface area contributed by atoms with Crippen molar-refractivity contribution in [2.75, 3.05) is 13.6 Å². The lowest BCUT2D eigenvalue weighted by Gasteiger charge is -2.16. The van der Waals surface area contributed by atoms with E-state index in [0.717, 1.165) is 5.92 Å². The first-order valence-corrected chi connectivity index (χ1v) is 4.70. The van der Waals surface area contributed by atoms with Crippen LogP contribution in [0.3, 0.4) is 0 Å². The van der Waals surface area contributed by atoms with E-state index in [1.54, 1.807) is 0 Å². The smallest absolute Gasteiger partial charge is 0.0250 e. The molecule has 0 spiro atoms. The molecular formula is C10H22N. The second-order valence-electron chi connectivity index (χ2n) is 3.65. The minimum Gasteiger partial charge on any atom is -0.302 e. The lowest BCUT2D eigenvalue weighted by Crippen LogP contribution is -2.17. The Bertz CT molecular complexity index is 78.9. The van der Waals surface area contributed by atoms with Crippen molar-refractivity contribution in [2.45, 2.75) is 40.0 Å². The number of hydrogen-bond acceptors (Lipinski definition) is 1. The Labute approximate surface area is 71.8 Å². The van der Waals surface area contributed by atoms with Crippen LogP contribution in [0, 0.1) is 12.5 Å². The summed E-state index contributed by atoms with van der Waals surface area (Å²) in [7, 11) is 2.16. The van der Waals surface area contributed by atoms with E-state index in [9.17, 15) is 0 Å². The predicted molar refractivity (Wildman–Crippen MR) is 51.3 cm³/mol. The maximum atomic E-state index is 2.31. The molecule has 1 radical (unpaired) electrons. The summed E-state index contributed by atoms with van der Waals surface area (Å²) in [6.45, 7) is 10.3. The highest BCUT2D eigenvalue weighted by atomic mass is 15.1. The van der Waals surface area contributed by atoms with Gasteiger partial charge in [-0.1, -0.05) is 27.2 Å². The predicted octanol–water partition coefficient (Wildman–Crippen LogP) is 2.93. The first-order valence-electron chi connectivity index (χ1n) is 4.70. The van der Waals surface area contributed by atoms with E-state index >= 15 is 0 Å². The minimum atomic E-state index is 0.791. The van der Waals surface area contributed by atoms with Crippen molar-refractivity contribution in [1.29, 1.82) is 0 Å². The van der Waals surface area contributed by atoms with Gasteiger partial charge >= 0.3 is 0 Å². The van der Waals surface area contributed by atoms with Crippen molar-refractivity contribution in [3.63, 3.8) is 0 Å². The van der Waals surface area contributed by atoms with Gasteiger partial charge in [-0.2, -0.15) is 0 Å².